The third-order valence-electron chi connectivity index (χ3n) is 4.40. The smallest absolute Gasteiger partial charge is 0.313 e. The molecule has 0 spiro atoms. The van der Waals surface area contributed by atoms with Gasteiger partial charge in [-0.2, -0.15) is 13.2 Å². The van der Waals surface area contributed by atoms with Gasteiger partial charge < -0.3 is 5.32 Å². The molecule has 1 aliphatic rings. The van der Waals surface area contributed by atoms with E-state index in [0.717, 1.165) is 19.4 Å². The van der Waals surface area contributed by atoms with Gasteiger partial charge in [0.05, 0.1) is 6.54 Å². The molecule has 19 heavy (non-hydrogen) atoms. The summed E-state index contributed by atoms with van der Waals surface area (Å²) in [6.45, 7) is 10.1. The summed E-state index contributed by atoms with van der Waals surface area (Å²) in [5, 5.41) is 3.52. The molecule has 1 rings (SSSR count). The van der Waals surface area contributed by atoms with Crippen molar-refractivity contribution >= 4 is 0 Å². The van der Waals surface area contributed by atoms with Gasteiger partial charge in [-0.1, -0.05) is 27.7 Å². The average Bonchev–Trinajstić information content (AvgIpc) is 2.26. The van der Waals surface area contributed by atoms with E-state index in [1.807, 2.05) is 0 Å². The van der Waals surface area contributed by atoms with Crippen molar-refractivity contribution in [2.75, 3.05) is 26.2 Å². The van der Waals surface area contributed by atoms with Gasteiger partial charge in [0, 0.05) is 12.6 Å². The zero-order valence-electron chi connectivity index (χ0n) is 12.5. The first kappa shape index (κ1) is 16.8. The van der Waals surface area contributed by atoms with Crippen LogP contribution in [0.15, 0.2) is 0 Å². The molecule has 0 saturated carbocycles. The summed E-state index contributed by atoms with van der Waals surface area (Å²) in [5.74, 6) is 0.588. The zero-order chi connectivity index (χ0) is 14.7. The highest BCUT2D eigenvalue weighted by Gasteiger charge is 2.32. The topological polar surface area (TPSA) is 15.3 Å². The number of nitrogens with one attached hydrogen (secondary N) is 1. The molecule has 0 atom stereocenters. The monoisotopic (exact) mass is 280 g/mol. The predicted molar refractivity (Wildman–Crippen MR) is 72.1 cm³/mol. The summed E-state index contributed by atoms with van der Waals surface area (Å²) in [4.78, 5) is 1.51. The van der Waals surface area contributed by atoms with Gasteiger partial charge in [-0.05, 0) is 37.3 Å². The molecule has 0 aromatic heterocycles. The lowest BCUT2D eigenvalue weighted by atomic mass is 9.81. The van der Waals surface area contributed by atoms with Crippen molar-refractivity contribution in [1.82, 2.24) is 10.2 Å². The first-order valence-electron chi connectivity index (χ1n) is 7.12. The van der Waals surface area contributed by atoms with Crippen LogP contribution >= 0.6 is 0 Å². The molecule has 0 radical (unpaired) electrons. The van der Waals surface area contributed by atoms with Gasteiger partial charge >= 0.3 is 6.18 Å². The predicted octanol–water partition coefficient (Wildman–Crippen LogP) is 3.28. The van der Waals surface area contributed by atoms with Crippen molar-refractivity contribution in [2.24, 2.45) is 11.3 Å². The highest BCUT2D eigenvalue weighted by atomic mass is 19.4. The van der Waals surface area contributed by atoms with Crippen LogP contribution in [-0.4, -0.2) is 43.3 Å². The van der Waals surface area contributed by atoms with E-state index in [2.05, 4.69) is 33.0 Å². The molecule has 0 unspecified atom stereocenters. The van der Waals surface area contributed by atoms with Gasteiger partial charge in [0.15, 0.2) is 0 Å². The van der Waals surface area contributed by atoms with Gasteiger partial charge in [0.1, 0.15) is 0 Å². The van der Waals surface area contributed by atoms with Crippen molar-refractivity contribution in [2.45, 2.75) is 52.8 Å². The minimum absolute atomic E-state index is 0.225. The van der Waals surface area contributed by atoms with Crippen LogP contribution in [0.3, 0.4) is 0 Å². The van der Waals surface area contributed by atoms with Crippen LogP contribution in [-0.2, 0) is 0 Å². The van der Waals surface area contributed by atoms with E-state index in [-0.39, 0.29) is 5.41 Å². The van der Waals surface area contributed by atoms with Gasteiger partial charge in [0.2, 0.25) is 0 Å². The summed E-state index contributed by atoms with van der Waals surface area (Å²) >= 11 is 0. The molecule has 0 aromatic carbocycles. The SMILES string of the molecule is CC(C)C(C)(C)CNC1CCN(CC(F)(F)F)CC1. The summed E-state index contributed by atoms with van der Waals surface area (Å²) in [7, 11) is 0. The molecule has 1 aliphatic heterocycles. The molecule has 5 heteroatoms. The van der Waals surface area contributed by atoms with Gasteiger partial charge in [-0.3, -0.25) is 4.90 Å². The summed E-state index contributed by atoms with van der Waals surface area (Å²) < 4.78 is 36.8. The molecule has 1 fully saturated rings. The van der Waals surface area contributed by atoms with Crippen LogP contribution < -0.4 is 5.32 Å². The van der Waals surface area contributed by atoms with Crippen LogP contribution in [0, 0.1) is 11.3 Å². The Morgan fingerprint density at radius 1 is 1.16 bits per heavy atom. The zero-order valence-corrected chi connectivity index (χ0v) is 12.5. The number of alkyl halides is 3. The quantitative estimate of drug-likeness (QED) is 0.831. The molecular formula is C14H27F3N2. The Hall–Kier alpha value is -0.290. The molecule has 0 aliphatic carbocycles. The fraction of sp³-hybridized carbons (Fsp3) is 1.00. The van der Waals surface area contributed by atoms with Crippen LogP contribution in [0.5, 0.6) is 0 Å². The molecule has 0 aromatic rings. The van der Waals surface area contributed by atoms with Crippen LogP contribution in [0.1, 0.15) is 40.5 Å². The minimum atomic E-state index is -4.07. The number of hydrogen-bond acceptors (Lipinski definition) is 2. The van der Waals surface area contributed by atoms with E-state index in [1.54, 1.807) is 0 Å². The molecular weight excluding hydrogens is 253 g/mol. The molecule has 1 heterocycles. The molecule has 0 bridgehead atoms. The summed E-state index contributed by atoms with van der Waals surface area (Å²) in [6.07, 6.45) is -2.45. The Kier molecular flexibility index (Phi) is 5.68. The number of nitrogens with zero attached hydrogens (tertiary/aromatic N) is 1. The second kappa shape index (κ2) is 6.44. The van der Waals surface area contributed by atoms with Crippen molar-refractivity contribution in [3.8, 4) is 0 Å². The first-order chi connectivity index (χ1) is 8.60. The van der Waals surface area contributed by atoms with E-state index in [9.17, 15) is 13.2 Å². The molecule has 0 amide bonds. The third kappa shape index (κ3) is 6.13. The number of likely N-dealkylation sites (tertiary alicyclic amines) is 1. The van der Waals surface area contributed by atoms with E-state index in [0.29, 0.717) is 25.0 Å². The lowest BCUT2D eigenvalue weighted by Crippen LogP contribution is -2.47. The van der Waals surface area contributed by atoms with Crippen LogP contribution in [0.25, 0.3) is 0 Å². The standard InChI is InChI=1S/C14H27F3N2/c1-11(2)13(3,4)9-18-12-5-7-19(8-6-12)10-14(15,16)17/h11-12,18H,5-10H2,1-4H3. The third-order valence-corrected chi connectivity index (χ3v) is 4.40. The van der Waals surface area contributed by atoms with Crippen molar-refractivity contribution in [1.29, 1.82) is 0 Å². The molecule has 1 N–H and O–H groups in total. The van der Waals surface area contributed by atoms with E-state index >= 15 is 0 Å². The van der Waals surface area contributed by atoms with E-state index in [4.69, 9.17) is 0 Å². The highest BCUT2D eigenvalue weighted by molar-refractivity contribution is 4.82. The Morgan fingerprint density at radius 2 is 1.68 bits per heavy atom. The largest absolute Gasteiger partial charge is 0.401 e. The Bertz CT molecular complexity index is 266. The highest BCUT2D eigenvalue weighted by Crippen LogP contribution is 2.26. The number of piperidine rings is 1. The maximum atomic E-state index is 12.3. The van der Waals surface area contributed by atoms with E-state index in [1.165, 1.54) is 4.90 Å². The Labute approximate surface area is 114 Å². The number of halogens is 3. The Balaban J connectivity index is 2.27. The first-order valence-corrected chi connectivity index (χ1v) is 7.12. The lowest BCUT2D eigenvalue weighted by Gasteiger charge is -2.36. The molecule has 114 valence electrons. The summed E-state index contributed by atoms with van der Waals surface area (Å²) in [5.41, 5.74) is 0.225. The molecule has 1 saturated heterocycles. The van der Waals surface area contributed by atoms with Crippen molar-refractivity contribution in [3.63, 3.8) is 0 Å². The lowest BCUT2D eigenvalue weighted by molar-refractivity contribution is -0.148. The van der Waals surface area contributed by atoms with Crippen molar-refractivity contribution in [3.05, 3.63) is 0 Å². The van der Waals surface area contributed by atoms with Gasteiger partial charge in [-0.15, -0.1) is 0 Å². The normalized spacial score (nSPS) is 20.2. The maximum absolute atomic E-state index is 12.3. The second-order valence-corrected chi connectivity index (χ2v) is 6.69. The van der Waals surface area contributed by atoms with Crippen LogP contribution in [0.4, 0.5) is 13.2 Å². The average molecular weight is 280 g/mol. The number of rotatable bonds is 5. The minimum Gasteiger partial charge on any atom is -0.313 e. The maximum Gasteiger partial charge on any atom is 0.401 e. The van der Waals surface area contributed by atoms with Crippen molar-refractivity contribution < 1.29 is 13.2 Å². The second-order valence-electron chi connectivity index (χ2n) is 6.69. The Morgan fingerprint density at radius 3 is 2.11 bits per heavy atom. The number of hydrogen-bond donors (Lipinski definition) is 1. The fourth-order valence-corrected chi connectivity index (χ4v) is 2.16. The molecule has 2 nitrogen and oxygen atoms in total. The van der Waals surface area contributed by atoms with Gasteiger partial charge in [-0.25, -0.2) is 0 Å². The van der Waals surface area contributed by atoms with Gasteiger partial charge in [0.25, 0.3) is 0 Å². The summed E-state index contributed by atoms with van der Waals surface area (Å²) in [6, 6.07) is 0.363. The fourth-order valence-electron chi connectivity index (χ4n) is 2.16. The van der Waals surface area contributed by atoms with Crippen LogP contribution in [0.2, 0.25) is 0 Å². The van der Waals surface area contributed by atoms with E-state index < -0.39 is 12.7 Å².